The summed E-state index contributed by atoms with van der Waals surface area (Å²) >= 11 is 5.66. The van der Waals surface area contributed by atoms with E-state index in [0.29, 0.717) is 24.7 Å². The van der Waals surface area contributed by atoms with Crippen LogP contribution in [0.25, 0.3) is 0 Å². The van der Waals surface area contributed by atoms with Crippen molar-refractivity contribution in [1.82, 2.24) is 15.1 Å². The minimum atomic E-state index is -0.123. The molecule has 1 N–H and O–H groups in total. The molecule has 0 aliphatic carbocycles. The highest BCUT2D eigenvalue weighted by atomic mass is 35.5. The molecule has 0 atom stereocenters. The molecule has 5 nitrogen and oxygen atoms in total. The summed E-state index contributed by atoms with van der Waals surface area (Å²) in [5.41, 5.74) is 2.49. The average molecular weight is 364 g/mol. The van der Waals surface area contributed by atoms with Crippen molar-refractivity contribution in [2.24, 2.45) is 7.05 Å². The zero-order valence-electron chi connectivity index (χ0n) is 14.9. The smallest absolute Gasteiger partial charge is 0.269 e. The Morgan fingerprint density at radius 3 is 2.84 bits per heavy atom. The van der Waals surface area contributed by atoms with Gasteiger partial charge < -0.3 is 10.1 Å². The normalized spacial score (nSPS) is 10.7. The molecule has 2 aromatic rings. The van der Waals surface area contributed by atoms with E-state index in [9.17, 15) is 4.79 Å². The van der Waals surface area contributed by atoms with Crippen molar-refractivity contribution in [3.05, 3.63) is 47.3 Å². The van der Waals surface area contributed by atoms with Gasteiger partial charge in [0.2, 0.25) is 0 Å². The zero-order chi connectivity index (χ0) is 18.1. The second-order valence-corrected chi connectivity index (χ2v) is 6.30. The van der Waals surface area contributed by atoms with Crippen molar-refractivity contribution in [3.8, 4) is 5.75 Å². The fourth-order valence-corrected chi connectivity index (χ4v) is 2.68. The van der Waals surface area contributed by atoms with E-state index < -0.39 is 0 Å². The van der Waals surface area contributed by atoms with Crippen molar-refractivity contribution in [3.63, 3.8) is 0 Å². The number of nitrogens with zero attached hydrogens (tertiary/aromatic N) is 2. The number of ether oxygens (including phenoxy) is 1. The molecule has 0 fully saturated rings. The highest BCUT2D eigenvalue weighted by molar-refractivity contribution is 6.17. The van der Waals surface area contributed by atoms with Crippen LogP contribution in [0.4, 0.5) is 0 Å². The predicted molar refractivity (Wildman–Crippen MR) is 100 cm³/mol. The highest BCUT2D eigenvalue weighted by Crippen LogP contribution is 2.14. The molecule has 0 bridgehead atoms. The number of amides is 1. The summed E-state index contributed by atoms with van der Waals surface area (Å²) in [4.78, 5) is 12.3. The number of hydrogen-bond donors (Lipinski definition) is 1. The van der Waals surface area contributed by atoms with Crippen molar-refractivity contribution in [1.29, 1.82) is 0 Å². The van der Waals surface area contributed by atoms with Gasteiger partial charge in [-0.2, -0.15) is 5.10 Å². The van der Waals surface area contributed by atoms with Crippen LogP contribution in [0.1, 0.15) is 47.9 Å². The zero-order valence-corrected chi connectivity index (χ0v) is 15.7. The van der Waals surface area contributed by atoms with Gasteiger partial charge in [0.05, 0.1) is 12.3 Å². The molecule has 1 aromatic carbocycles. The van der Waals surface area contributed by atoms with E-state index in [0.717, 1.165) is 42.7 Å². The van der Waals surface area contributed by atoms with Crippen LogP contribution in [0.3, 0.4) is 0 Å². The summed E-state index contributed by atoms with van der Waals surface area (Å²) in [5.74, 6) is 1.40. The molecule has 136 valence electrons. The number of aryl methyl sites for hydroxylation is 2. The lowest BCUT2D eigenvalue weighted by Crippen LogP contribution is -2.25. The first-order valence-electron chi connectivity index (χ1n) is 8.73. The Balaban J connectivity index is 1.84. The number of halogens is 1. The van der Waals surface area contributed by atoms with Gasteiger partial charge in [0, 0.05) is 19.5 Å². The Kier molecular flexibility index (Phi) is 7.79. The molecule has 0 spiro atoms. The van der Waals surface area contributed by atoms with Crippen LogP contribution < -0.4 is 10.1 Å². The number of nitrogens with one attached hydrogen (secondary N) is 1. The highest BCUT2D eigenvalue weighted by Gasteiger charge is 2.12. The van der Waals surface area contributed by atoms with Gasteiger partial charge in [-0.3, -0.25) is 9.48 Å². The van der Waals surface area contributed by atoms with Crippen LogP contribution >= 0.6 is 11.6 Å². The summed E-state index contributed by atoms with van der Waals surface area (Å²) < 4.78 is 7.37. The minimum Gasteiger partial charge on any atom is -0.494 e. The molecule has 1 amide bonds. The number of alkyl halides is 1. The van der Waals surface area contributed by atoms with Gasteiger partial charge in [-0.1, -0.05) is 19.1 Å². The molecule has 0 aliphatic rings. The van der Waals surface area contributed by atoms with Crippen molar-refractivity contribution in [2.75, 3.05) is 12.5 Å². The fraction of sp³-hybridized carbons (Fsp3) is 0.474. The third-order valence-electron chi connectivity index (χ3n) is 3.92. The number of carbonyl (C=O) groups is 1. The summed E-state index contributed by atoms with van der Waals surface area (Å²) in [6, 6.07) is 9.63. The molecular formula is C19H26ClN3O2. The number of rotatable bonds is 10. The fourth-order valence-electron chi connectivity index (χ4n) is 2.49. The van der Waals surface area contributed by atoms with Gasteiger partial charge in [0.1, 0.15) is 11.4 Å². The lowest BCUT2D eigenvalue weighted by atomic mass is 10.2. The topological polar surface area (TPSA) is 56.1 Å². The predicted octanol–water partition coefficient (Wildman–Crippen LogP) is 3.70. The molecule has 25 heavy (non-hydrogen) atoms. The molecule has 0 radical (unpaired) electrons. The summed E-state index contributed by atoms with van der Waals surface area (Å²) in [6.07, 6.45) is 3.90. The first-order chi connectivity index (χ1) is 12.1. The second kappa shape index (κ2) is 10.1. The number of unbranched alkanes of at least 4 members (excludes halogenated alkanes) is 2. The maximum Gasteiger partial charge on any atom is 0.269 e. The van der Waals surface area contributed by atoms with E-state index in [1.54, 1.807) is 11.7 Å². The van der Waals surface area contributed by atoms with E-state index in [4.69, 9.17) is 16.3 Å². The van der Waals surface area contributed by atoms with Gasteiger partial charge in [0.15, 0.2) is 0 Å². The van der Waals surface area contributed by atoms with Gasteiger partial charge in [-0.25, -0.2) is 0 Å². The largest absolute Gasteiger partial charge is 0.494 e. The number of hydrogen-bond acceptors (Lipinski definition) is 3. The van der Waals surface area contributed by atoms with Gasteiger partial charge in [-0.05, 0) is 49.4 Å². The molecule has 2 rings (SSSR count). The van der Waals surface area contributed by atoms with Crippen LogP contribution in [0, 0.1) is 0 Å². The molecule has 6 heteroatoms. The maximum absolute atomic E-state index is 12.3. The van der Waals surface area contributed by atoms with E-state index in [1.807, 2.05) is 37.3 Å². The number of carbonyl (C=O) groups excluding carboxylic acids is 1. The Labute approximate surface area is 154 Å². The summed E-state index contributed by atoms with van der Waals surface area (Å²) in [7, 11) is 1.78. The monoisotopic (exact) mass is 363 g/mol. The van der Waals surface area contributed by atoms with E-state index in [-0.39, 0.29) is 5.91 Å². The molecule has 0 saturated heterocycles. The van der Waals surface area contributed by atoms with Crippen molar-refractivity contribution >= 4 is 17.5 Å². The molecular weight excluding hydrogens is 338 g/mol. The van der Waals surface area contributed by atoms with E-state index in [1.165, 1.54) is 0 Å². The summed E-state index contributed by atoms with van der Waals surface area (Å²) in [6.45, 7) is 3.15. The Morgan fingerprint density at radius 2 is 2.12 bits per heavy atom. The lowest BCUT2D eigenvalue weighted by Gasteiger charge is -2.09. The first kappa shape index (κ1) is 19.3. The van der Waals surface area contributed by atoms with Crippen LogP contribution in [0.15, 0.2) is 30.3 Å². The van der Waals surface area contributed by atoms with Crippen LogP contribution in [-0.2, 0) is 20.0 Å². The molecule has 1 heterocycles. The summed E-state index contributed by atoms with van der Waals surface area (Å²) in [5, 5.41) is 7.24. The lowest BCUT2D eigenvalue weighted by molar-refractivity contribution is 0.0941. The Morgan fingerprint density at radius 1 is 1.28 bits per heavy atom. The van der Waals surface area contributed by atoms with Crippen LogP contribution in [-0.4, -0.2) is 28.2 Å². The van der Waals surface area contributed by atoms with Gasteiger partial charge in [-0.15, -0.1) is 11.6 Å². The Bertz CT molecular complexity index is 685. The van der Waals surface area contributed by atoms with Gasteiger partial charge >= 0.3 is 0 Å². The molecule has 1 aromatic heterocycles. The second-order valence-electron chi connectivity index (χ2n) is 5.93. The third-order valence-corrected chi connectivity index (χ3v) is 4.19. The SMILES string of the molecule is CCc1cc(C(=O)NCc2cccc(OCCCCCCl)c2)n(C)n1. The number of aromatic nitrogens is 2. The minimum absolute atomic E-state index is 0.123. The quantitative estimate of drug-likeness (QED) is 0.517. The van der Waals surface area contributed by atoms with Crippen molar-refractivity contribution in [2.45, 2.75) is 39.2 Å². The van der Waals surface area contributed by atoms with Crippen LogP contribution in [0.2, 0.25) is 0 Å². The third kappa shape index (κ3) is 6.09. The maximum atomic E-state index is 12.3. The van der Waals surface area contributed by atoms with E-state index >= 15 is 0 Å². The average Bonchev–Trinajstić information content (AvgIpc) is 3.01. The van der Waals surface area contributed by atoms with Gasteiger partial charge in [0.25, 0.3) is 5.91 Å². The Hall–Kier alpha value is -2.01. The number of benzene rings is 1. The first-order valence-corrected chi connectivity index (χ1v) is 9.26. The molecule has 0 unspecified atom stereocenters. The standard InChI is InChI=1S/C19H26ClN3O2/c1-3-16-13-18(23(2)22-16)19(24)21-14-15-8-7-9-17(12-15)25-11-6-4-5-10-20/h7-9,12-13H,3-6,10-11,14H2,1-2H3,(H,21,24). The molecule has 0 saturated carbocycles. The molecule has 0 aliphatic heterocycles. The van der Waals surface area contributed by atoms with E-state index in [2.05, 4.69) is 10.4 Å². The van der Waals surface area contributed by atoms with Crippen LogP contribution in [0.5, 0.6) is 5.75 Å². The van der Waals surface area contributed by atoms with Crippen molar-refractivity contribution < 1.29 is 9.53 Å².